The van der Waals surface area contributed by atoms with Crippen LogP contribution in [0.2, 0.25) is 0 Å². The lowest BCUT2D eigenvalue weighted by molar-refractivity contribution is 0.406. The zero-order valence-corrected chi connectivity index (χ0v) is 13.2. The van der Waals surface area contributed by atoms with Gasteiger partial charge in [-0.05, 0) is 26.8 Å². The van der Waals surface area contributed by atoms with Crippen LogP contribution in [0.3, 0.4) is 0 Å². The quantitative estimate of drug-likeness (QED) is 0.831. The van der Waals surface area contributed by atoms with Crippen LogP contribution in [0.15, 0.2) is 18.2 Å². The zero-order valence-electron chi connectivity index (χ0n) is 12.4. The second-order valence-corrected chi connectivity index (χ2v) is 6.09. The van der Waals surface area contributed by atoms with E-state index in [4.69, 9.17) is 10.5 Å². The molecule has 1 heterocycles. The van der Waals surface area contributed by atoms with Crippen molar-refractivity contribution in [3.8, 4) is 5.75 Å². The standard InChI is InChI=1S/C15H21N3OS/c1-9(15-10(2)18-11(3)20-15)17-8-12-5-6-13(16)7-14(12)19-4/h5-7,9,17H,8,16H2,1-4H3. The van der Waals surface area contributed by atoms with E-state index in [0.29, 0.717) is 5.69 Å². The molecule has 0 aliphatic rings. The molecular weight excluding hydrogens is 270 g/mol. The number of nitrogens with zero attached hydrogens (tertiary/aromatic N) is 1. The Morgan fingerprint density at radius 3 is 2.75 bits per heavy atom. The molecule has 20 heavy (non-hydrogen) atoms. The van der Waals surface area contributed by atoms with Crippen molar-refractivity contribution < 1.29 is 4.74 Å². The monoisotopic (exact) mass is 291 g/mol. The molecule has 0 spiro atoms. The van der Waals surface area contributed by atoms with E-state index >= 15 is 0 Å². The first-order valence-corrected chi connectivity index (χ1v) is 7.42. The number of benzene rings is 1. The van der Waals surface area contributed by atoms with Gasteiger partial charge in [-0.1, -0.05) is 6.07 Å². The summed E-state index contributed by atoms with van der Waals surface area (Å²) in [5, 5.41) is 4.62. The van der Waals surface area contributed by atoms with E-state index in [-0.39, 0.29) is 6.04 Å². The van der Waals surface area contributed by atoms with Crippen LogP contribution in [-0.2, 0) is 6.54 Å². The van der Waals surface area contributed by atoms with E-state index in [1.165, 1.54) is 4.88 Å². The molecule has 2 aromatic rings. The Morgan fingerprint density at radius 2 is 2.15 bits per heavy atom. The summed E-state index contributed by atoms with van der Waals surface area (Å²) in [6.07, 6.45) is 0. The van der Waals surface area contributed by atoms with Gasteiger partial charge in [0.25, 0.3) is 0 Å². The summed E-state index contributed by atoms with van der Waals surface area (Å²) in [6, 6.07) is 6.01. The Kier molecular flexibility index (Phi) is 4.62. The molecule has 4 nitrogen and oxygen atoms in total. The molecule has 0 aliphatic carbocycles. The summed E-state index contributed by atoms with van der Waals surface area (Å²) < 4.78 is 5.36. The minimum absolute atomic E-state index is 0.267. The second kappa shape index (κ2) is 6.24. The van der Waals surface area contributed by atoms with Crippen LogP contribution >= 0.6 is 11.3 Å². The average Bonchev–Trinajstić information content (AvgIpc) is 2.76. The third-order valence-electron chi connectivity index (χ3n) is 3.24. The molecule has 0 saturated carbocycles. The Balaban J connectivity index is 2.07. The second-order valence-electron chi connectivity index (χ2n) is 4.86. The highest BCUT2D eigenvalue weighted by molar-refractivity contribution is 7.11. The van der Waals surface area contributed by atoms with Crippen molar-refractivity contribution in [1.29, 1.82) is 0 Å². The van der Waals surface area contributed by atoms with Gasteiger partial charge in [-0.15, -0.1) is 11.3 Å². The molecule has 108 valence electrons. The Bertz CT molecular complexity index is 595. The van der Waals surface area contributed by atoms with Crippen LogP contribution in [0.4, 0.5) is 5.69 Å². The van der Waals surface area contributed by atoms with E-state index in [1.807, 2.05) is 25.1 Å². The molecule has 0 saturated heterocycles. The van der Waals surface area contributed by atoms with Crippen molar-refractivity contribution in [2.24, 2.45) is 0 Å². The van der Waals surface area contributed by atoms with Gasteiger partial charge in [-0.2, -0.15) is 0 Å². The van der Waals surface area contributed by atoms with E-state index in [1.54, 1.807) is 18.4 Å². The maximum atomic E-state index is 5.77. The fourth-order valence-electron chi connectivity index (χ4n) is 2.21. The Labute approximate surface area is 124 Å². The lowest BCUT2D eigenvalue weighted by Gasteiger charge is -2.15. The first-order valence-electron chi connectivity index (χ1n) is 6.61. The van der Waals surface area contributed by atoms with Crippen molar-refractivity contribution in [2.75, 3.05) is 12.8 Å². The van der Waals surface area contributed by atoms with Crippen molar-refractivity contribution in [1.82, 2.24) is 10.3 Å². The average molecular weight is 291 g/mol. The normalized spacial score (nSPS) is 12.4. The van der Waals surface area contributed by atoms with Crippen LogP contribution in [0, 0.1) is 13.8 Å². The molecule has 5 heteroatoms. The smallest absolute Gasteiger partial charge is 0.125 e. The highest BCUT2D eigenvalue weighted by Gasteiger charge is 2.13. The SMILES string of the molecule is COc1cc(N)ccc1CNC(C)c1sc(C)nc1C. The molecule has 0 amide bonds. The highest BCUT2D eigenvalue weighted by atomic mass is 32.1. The number of nitrogen functional groups attached to an aromatic ring is 1. The lowest BCUT2D eigenvalue weighted by Crippen LogP contribution is -2.18. The number of rotatable bonds is 5. The predicted octanol–water partition coefficient (Wildman–Crippen LogP) is 3.20. The van der Waals surface area contributed by atoms with Gasteiger partial charge in [-0.25, -0.2) is 4.98 Å². The minimum Gasteiger partial charge on any atom is -0.496 e. The third kappa shape index (κ3) is 3.29. The largest absolute Gasteiger partial charge is 0.496 e. The first-order chi connectivity index (χ1) is 9.51. The molecular formula is C15H21N3OS. The van der Waals surface area contributed by atoms with Crippen molar-refractivity contribution >= 4 is 17.0 Å². The number of nitrogens with one attached hydrogen (secondary N) is 1. The number of hydrogen-bond donors (Lipinski definition) is 2. The highest BCUT2D eigenvalue weighted by Crippen LogP contribution is 2.26. The molecule has 1 aromatic carbocycles. The van der Waals surface area contributed by atoms with E-state index in [0.717, 1.165) is 28.6 Å². The van der Waals surface area contributed by atoms with E-state index < -0.39 is 0 Å². The molecule has 0 radical (unpaired) electrons. The van der Waals surface area contributed by atoms with Crippen LogP contribution in [0.1, 0.15) is 34.1 Å². The fourth-order valence-corrected chi connectivity index (χ4v) is 3.17. The number of aryl methyl sites for hydroxylation is 2. The molecule has 3 N–H and O–H groups in total. The van der Waals surface area contributed by atoms with Gasteiger partial charge in [0.05, 0.1) is 17.8 Å². The maximum absolute atomic E-state index is 5.77. The van der Waals surface area contributed by atoms with E-state index in [2.05, 4.69) is 24.1 Å². The van der Waals surface area contributed by atoms with Crippen LogP contribution < -0.4 is 15.8 Å². The summed E-state index contributed by atoms with van der Waals surface area (Å²) in [5.74, 6) is 0.821. The van der Waals surface area contributed by atoms with Gasteiger partial charge >= 0.3 is 0 Å². The van der Waals surface area contributed by atoms with Gasteiger partial charge < -0.3 is 15.8 Å². The predicted molar refractivity (Wildman–Crippen MR) is 84.2 cm³/mol. The van der Waals surface area contributed by atoms with Gasteiger partial charge in [0.1, 0.15) is 5.75 Å². The molecule has 0 fully saturated rings. The number of anilines is 1. The maximum Gasteiger partial charge on any atom is 0.125 e. The summed E-state index contributed by atoms with van der Waals surface area (Å²) in [5.41, 5.74) is 8.69. The number of methoxy groups -OCH3 is 1. The number of ether oxygens (including phenoxy) is 1. The Morgan fingerprint density at radius 1 is 1.40 bits per heavy atom. The van der Waals surface area contributed by atoms with E-state index in [9.17, 15) is 0 Å². The molecule has 1 unspecified atom stereocenters. The third-order valence-corrected chi connectivity index (χ3v) is 4.50. The van der Waals surface area contributed by atoms with Crippen LogP contribution in [-0.4, -0.2) is 12.1 Å². The first kappa shape index (κ1) is 14.8. The van der Waals surface area contributed by atoms with Crippen molar-refractivity contribution in [2.45, 2.75) is 33.4 Å². The number of nitrogens with two attached hydrogens (primary N) is 1. The zero-order chi connectivity index (χ0) is 14.7. The lowest BCUT2D eigenvalue weighted by atomic mass is 10.1. The molecule has 2 rings (SSSR count). The number of hydrogen-bond acceptors (Lipinski definition) is 5. The van der Waals surface area contributed by atoms with Gasteiger partial charge in [0.15, 0.2) is 0 Å². The number of aromatic nitrogens is 1. The minimum atomic E-state index is 0.267. The molecule has 0 aliphatic heterocycles. The number of thiazole rings is 1. The topological polar surface area (TPSA) is 60.2 Å². The summed E-state index contributed by atoms with van der Waals surface area (Å²) in [7, 11) is 1.67. The van der Waals surface area contributed by atoms with Gasteiger partial charge in [0.2, 0.25) is 0 Å². The Hall–Kier alpha value is -1.59. The molecule has 1 atom stereocenters. The van der Waals surface area contributed by atoms with Gasteiger partial charge in [-0.3, -0.25) is 0 Å². The summed E-state index contributed by atoms with van der Waals surface area (Å²) in [6.45, 7) is 6.99. The van der Waals surface area contributed by atoms with Crippen molar-refractivity contribution in [3.63, 3.8) is 0 Å². The van der Waals surface area contributed by atoms with Gasteiger partial charge in [0, 0.05) is 34.8 Å². The summed E-state index contributed by atoms with van der Waals surface area (Å²) in [4.78, 5) is 5.76. The fraction of sp³-hybridized carbons (Fsp3) is 0.400. The summed E-state index contributed by atoms with van der Waals surface area (Å²) >= 11 is 1.75. The van der Waals surface area contributed by atoms with Crippen molar-refractivity contribution in [3.05, 3.63) is 39.3 Å². The van der Waals surface area contributed by atoms with Crippen LogP contribution in [0.25, 0.3) is 0 Å². The molecule has 0 bridgehead atoms. The molecule has 1 aromatic heterocycles. The van der Waals surface area contributed by atoms with Crippen LogP contribution in [0.5, 0.6) is 5.75 Å².